The van der Waals surface area contributed by atoms with E-state index in [0.717, 1.165) is 11.4 Å². The molecular weight excluding hydrogens is 378 g/mol. The molecule has 3 aromatic rings. The lowest BCUT2D eigenvalue weighted by molar-refractivity contribution is 0.381. The molecule has 3 aromatic carbocycles. The standard InChI is InChI=1S/C20H19N3.H2O4S/c1-22(2)16-12-13-18-20(14-16)23(15-8-4-3-5-9-15)19-11-7-6-10-17(19)21-18;1-5(2,3)4/h3-14,21H,1-2H3;(H2,1,2,3,4). The van der Waals surface area contributed by atoms with Crippen LogP contribution in [0.5, 0.6) is 0 Å². The van der Waals surface area contributed by atoms with E-state index < -0.39 is 10.4 Å². The minimum atomic E-state index is -4.67. The Labute approximate surface area is 164 Å². The van der Waals surface area contributed by atoms with Crippen LogP contribution in [0.2, 0.25) is 0 Å². The lowest BCUT2D eigenvalue weighted by Gasteiger charge is -2.34. The van der Waals surface area contributed by atoms with Crippen molar-refractivity contribution in [1.29, 1.82) is 0 Å². The summed E-state index contributed by atoms with van der Waals surface area (Å²) < 4.78 is 31.6. The topological polar surface area (TPSA) is 93.1 Å². The van der Waals surface area contributed by atoms with Crippen LogP contribution >= 0.6 is 0 Å². The highest BCUT2D eigenvalue weighted by molar-refractivity contribution is 7.79. The fraction of sp³-hybridized carbons (Fsp3) is 0.100. The Morgan fingerprint density at radius 2 is 1.39 bits per heavy atom. The van der Waals surface area contributed by atoms with Gasteiger partial charge in [-0.25, -0.2) is 0 Å². The molecule has 146 valence electrons. The molecule has 3 N–H and O–H groups in total. The van der Waals surface area contributed by atoms with E-state index >= 15 is 0 Å². The molecule has 0 saturated carbocycles. The van der Waals surface area contributed by atoms with Crippen molar-refractivity contribution in [3.05, 3.63) is 72.8 Å². The molecule has 0 aliphatic carbocycles. The number of nitrogens with one attached hydrogen (secondary N) is 1. The smallest absolute Gasteiger partial charge is 0.378 e. The second-order valence-electron chi connectivity index (χ2n) is 6.36. The van der Waals surface area contributed by atoms with E-state index in [0.29, 0.717) is 0 Å². The van der Waals surface area contributed by atoms with E-state index in [1.807, 2.05) is 0 Å². The van der Waals surface area contributed by atoms with Gasteiger partial charge in [0, 0.05) is 25.5 Å². The molecule has 8 heteroatoms. The molecule has 0 spiro atoms. The van der Waals surface area contributed by atoms with Crippen molar-refractivity contribution in [1.82, 2.24) is 0 Å². The number of hydrogen-bond donors (Lipinski definition) is 3. The number of rotatable bonds is 2. The molecule has 0 unspecified atom stereocenters. The minimum absolute atomic E-state index is 1.12. The first kappa shape index (κ1) is 19.7. The van der Waals surface area contributed by atoms with E-state index in [-0.39, 0.29) is 0 Å². The summed E-state index contributed by atoms with van der Waals surface area (Å²) in [6, 6.07) is 25.4. The second kappa shape index (κ2) is 7.89. The van der Waals surface area contributed by atoms with Gasteiger partial charge in [-0.1, -0.05) is 30.3 Å². The lowest BCUT2D eigenvalue weighted by atomic mass is 10.1. The number of nitrogens with zero attached hydrogens (tertiary/aromatic N) is 2. The molecule has 28 heavy (non-hydrogen) atoms. The molecule has 0 aromatic heterocycles. The molecular formula is C20H21N3O4S. The summed E-state index contributed by atoms with van der Waals surface area (Å²) in [5, 5.41) is 3.55. The van der Waals surface area contributed by atoms with Crippen molar-refractivity contribution in [2.75, 3.05) is 29.2 Å². The minimum Gasteiger partial charge on any atom is -0.378 e. The number of fused-ring (bicyclic) bond motifs is 2. The zero-order valence-electron chi connectivity index (χ0n) is 15.4. The van der Waals surface area contributed by atoms with Gasteiger partial charge in [-0.3, -0.25) is 9.11 Å². The molecule has 7 nitrogen and oxygen atoms in total. The lowest BCUT2D eigenvalue weighted by Crippen LogP contribution is -2.18. The largest absolute Gasteiger partial charge is 0.394 e. The Balaban J connectivity index is 0.000000403. The van der Waals surface area contributed by atoms with Gasteiger partial charge in [-0.15, -0.1) is 0 Å². The highest BCUT2D eigenvalue weighted by Crippen LogP contribution is 2.48. The first-order valence-corrected chi connectivity index (χ1v) is 9.86. The normalized spacial score (nSPS) is 12.1. The van der Waals surface area contributed by atoms with Crippen LogP contribution in [-0.2, 0) is 10.4 Å². The third kappa shape index (κ3) is 4.61. The summed E-state index contributed by atoms with van der Waals surface area (Å²) in [6.07, 6.45) is 0. The average molecular weight is 399 g/mol. The quantitative estimate of drug-likeness (QED) is 0.423. The van der Waals surface area contributed by atoms with E-state index in [1.165, 1.54) is 22.7 Å². The fourth-order valence-electron chi connectivity index (χ4n) is 2.99. The Morgan fingerprint density at radius 1 is 0.821 bits per heavy atom. The zero-order valence-corrected chi connectivity index (χ0v) is 16.3. The summed E-state index contributed by atoms with van der Waals surface area (Å²) in [5.74, 6) is 0. The highest BCUT2D eigenvalue weighted by atomic mass is 32.3. The van der Waals surface area contributed by atoms with Gasteiger partial charge >= 0.3 is 10.4 Å². The van der Waals surface area contributed by atoms with Crippen molar-refractivity contribution in [3.63, 3.8) is 0 Å². The molecule has 0 saturated heterocycles. The first-order chi connectivity index (χ1) is 13.2. The maximum absolute atomic E-state index is 8.74. The van der Waals surface area contributed by atoms with Gasteiger partial charge in [0.2, 0.25) is 0 Å². The number of para-hydroxylation sites is 3. The molecule has 1 aliphatic rings. The first-order valence-electron chi connectivity index (χ1n) is 8.46. The van der Waals surface area contributed by atoms with Gasteiger partial charge in [-0.05, 0) is 42.5 Å². The van der Waals surface area contributed by atoms with E-state index in [2.05, 4.69) is 102 Å². The predicted molar refractivity (Wildman–Crippen MR) is 113 cm³/mol. The molecule has 0 radical (unpaired) electrons. The van der Waals surface area contributed by atoms with Crippen molar-refractivity contribution >= 4 is 44.5 Å². The van der Waals surface area contributed by atoms with Crippen LogP contribution in [0.3, 0.4) is 0 Å². The Kier molecular flexibility index (Phi) is 5.55. The maximum atomic E-state index is 8.74. The Morgan fingerprint density at radius 3 is 2.04 bits per heavy atom. The van der Waals surface area contributed by atoms with Gasteiger partial charge in [-0.2, -0.15) is 8.42 Å². The van der Waals surface area contributed by atoms with Crippen molar-refractivity contribution in [2.45, 2.75) is 0 Å². The van der Waals surface area contributed by atoms with E-state index in [1.54, 1.807) is 0 Å². The summed E-state index contributed by atoms with van der Waals surface area (Å²) >= 11 is 0. The average Bonchev–Trinajstić information content (AvgIpc) is 2.65. The Hall–Kier alpha value is -3.07. The van der Waals surface area contributed by atoms with Crippen LogP contribution in [0.15, 0.2) is 72.8 Å². The summed E-state index contributed by atoms with van der Waals surface area (Å²) in [7, 11) is -0.530. The number of anilines is 6. The van der Waals surface area contributed by atoms with Crippen LogP contribution in [-0.4, -0.2) is 31.6 Å². The molecule has 0 bridgehead atoms. The monoisotopic (exact) mass is 399 g/mol. The fourth-order valence-corrected chi connectivity index (χ4v) is 2.99. The molecule has 1 aliphatic heterocycles. The van der Waals surface area contributed by atoms with E-state index in [4.69, 9.17) is 17.5 Å². The van der Waals surface area contributed by atoms with Crippen molar-refractivity contribution in [3.8, 4) is 0 Å². The summed E-state index contributed by atoms with van der Waals surface area (Å²) in [5.41, 5.74) is 6.94. The zero-order chi connectivity index (χ0) is 20.3. The molecule has 1 heterocycles. The molecule has 0 atom stereocenters. The van der Waals surface area contributed by atoms with Gasteiger partial charge in [0.15, 0.2) is 0 Å². The summed E-state index contributed by atoms with van der Waals surface area (Å²) in [4.78, 5) is 4.44. The van der Waals surface area contributed by atoms with Crippen LogP contribution in [0, 0.1) is 0 Å². The SMILES string of the molecule is CN(C)c1ccc2c(c1)N(c1ccccc1)c1ccccc1N2.O=S(=O)(O)O. The maximum Gasteiger partial charge on any atom is 0.394 e. The van der Waals surface area contributed by atoms with Gasteiger partial charge in [0.25, 0.3) is 0 Å². The third-order valence-corrected chi connectivity index (χ3v) is 4.17. The van der Waals surface area contributed by atoms with Crippen LogP contribution in [0.4, 0.5) is 34.1 Å². The third-order valence-electron chi connectivity index (χ3n) is 4.17. The van der Waals surface area contributed by atoms with Crippen molar-refractivity contribution < 1.29 is 17.5 Å². The van der Waals surface area contributed by atoms with Gasteiger partial charge in [0.1, 0.15) is 0 Å². The van der Waals surface area contributed by atoms with Crippen LogP contribution < -0.4 is 15.1 Å². The predicted octanol–water partition coefficient (Wildman–Crippen LogP) is 4.63. The summed E-state index contributed by atoms with van der Waals surface area (Å²) in [6.45, 7) is 0. The van der Waals surface area contributed by atoms with E-state index in [9.17, 15) is 0 Å². The number of benzene rings is 3. The van der Waals surface area contributed by atoms with Crippen LogP contribution in [0.1, 0.15) is 0 Å². The molecule has 4 rings (SSSR count). The molecule has 0 fully saturated rings. The highest BCUT2D eigenvalue weighted by Gasteiger charge is 2.23. The molecule has 0 amide bonds. The van der Waals surface area contributed by atoms with Gasteiger partial charge in [0.05, 0.1) is 22.7 Å². The van der Waals surface area contributed by atoms with Crippen molar-refractivity contribution in [2.24, 2.45) is 0 Å². The van der Waals surface area contributed by atoms with Gasteiger partial charge < -0.3 is 15.1 Å². The second-order valence-corrected chi connectivity index (χ2v) is 7.25. The Bertz CT molecular complexity index is 1060. The van der Waals surface area contributed by atoms with Crippen LogP contribution in [0.25, 0.3) is 0 Å². The number of hydrogen-bond acceptors (Lipinski definition) is 5.